The van der Waals surface area contributed by atoms with E-state index in [1.807, 2.05) is 6.92 Å². The van der Waals surface area contributed by atoms with E-state index in [1.165, 1.54) is 0 Å². The molecule has 5 nitrogen and oxygen atoms in total. The highest BCUT2D eigenvalue weighted by molar-refractivity contribution is 4.89. The van der Waals surface area contributed by atoms with E-state index in [-0.39, 0.29) is 0 Å². The van der Waals surface area contributed by atoms with E-state index in [0.29, 0.717) is 18.0 Å². The molecule has 1 aromatic heterocycles. The van der Waals surface area contributed by atoms with Gasteiger partial charge in [0.2, 0.25) is 5.89 Å². The van der Waals surface area contributed by atoms with Crippen molar-refractivity contribution in [3.63, 3.8) is 0 Å². The Labute approximate surface area is 89.8 Å². The minimum absolute atomic E-state index is 0.521. The molecule has 2 rings (SSSR count). The normalized spacial score (nSPS) is 28.2. The van der Waals surface area contributed by atoms with Crippen LogP contribution in [0, 0.1) is 6.92 Å². The highest BCUT2D eigenvalue weighted by Crippen LogP contribution is 2.12. The van der Waals surface area contributed by atoms with Gasteiger partial charge >= 0.3 is 0 Å². The lowest BCUT2D eigenvalue weighted by Crippen LogP contribution is -2.54. The molecule has 0 amide bonds. The highest BCUT2D eigenvalue weighted by atomic mass is 16.5. The zero-order valence-electron chi connectivity index (χ0n) is 9.53. The van der Waals surface area contributed by atoms with Crippen molar-refractivity contribution in [3.05, 3.63) is 11.7 Å². The number of piperazine rings is 1. The number of hydrogen-bond donors (Lipinski definition) is 1. The van der Waals surface area contributed by atoms with Crippen LogP contribution in [0.3, 0.4) is 0 Å². The first-order valence-electron chi connectivity index (χ1n) is 5.42. The van der Waals surface area contributed by atoms with E-state index in [2.05, 4.69) is 34.2 Å². The summed E-state index contributed by atoms with van der Waals surface area (Å²) in [4.78, 5) is 6.64. The maximum Gasteiger partial charge on any atom is 0.223 e. The molecule has 5 heteroatoms. The van der Waals surface area contributed by atoms with Crippen molar-refractivity contribution >= 4 is 0 Å². The molecular formula is C10H18N4O. The molecule has 0 bridgehead atoms. The fraction of sp³-hybridized carbons (Fsp3) is 0.800. The van der Waals surface area contributed by atoms with Gasteiger partial charge in [-0.3, -0.25) is 4.90 Å². The van der Waals surface area contributed by atoms with E-state index in [4.69, 9.17) is 4.52 Å². The number of nitrogens with zero attached hydrogens (tertiary/aromatic N) is 3. The highest BCUT2D eigenvalue weighted by Gasteiger charge is 2.25. The molecule has 2 unspecified atom stereocenters. The fourth-order valence-electron chi connectivity index (χ4n) is 2.05. The van der Waals surface area contributed by atoms with Crippen molar-refractivity contribution in [2.24, 2.45) is 0 Å². The van der Waals surface area contributed by atoms with E-state index < -0.39 is 0 Å². The second-order valence-electron chi connectivity index (χ2n) is 4.26. The Balaban J connectivity index is 2.03. The van der Waals surface area contributed by atoms with Gasteiger partial charge in [0, 0.05) is 32.1 Å². The van der Waals surface area contributed by atoms with Crippen LogP contribution < -0.4 is 5.32 Å². The number of hydrogen-bond acceptors (Lipinski definition) is 5. The molecule has 0 saturated carbocycles. The quantitative estimate of drug-likeness (QED) is 0.773. The second kappa shape index (κ2) is 4.28. The topological polar surface area (TPSA) is 54.2 Å². The van der Waals surface area contributed by atoms with Crippen LogP contribution in [0.2, 0.25) is 0 Å². The summed E-state index contributed by atoms with van der Waals surface area (Å²) in [6, 6.07) is 1.04. The molecule has 1 aliphatic rings. The first-order chi connectivity index (χ1) is 7.16. The summed E-state index contributed by atoms with van der Waals surface area (Å²) in [7, 11) is 0. The third kappa shape index (κ3) is 2.35. The largest absolute Gasteiger partial charge is 0.340 e. The fourth-order valence-corrected chi connectivity index (χ4v) is 2.05. The zero-order chi connectivity index (χ0) is 10.8. The Morgan fingerprint density at radius 1 is 1.40 bits per heavy atom. The molecule has 2 heterocycles. The van der Waals surface area contributed by atoms with E-state index in [0.717, 1.165) is 25.5 Å². The van der Waals surface area contributed by atoms with E-state index in [1.54, 1.807) is 0 Å². The van der Waals surface area contributed by atoms with Gasteiger partial charge in [0.25, 0.3) is 0 Å². The van der Waals surface area contributed by atoms with Gasteiger partial charge in [-0.05, 0) is 13.8 Å². The molecule has 1 fully saturated rings. The predicted molar refractivity (Wildman–Crippen MR) is 56.4 cm³/mol. The summed E-state index contributed by atoms with van der Waals surface area (Å²) < 4.78 is 4.97. The van der Waals surface area contributed by atoms with Crippen LogP contribution in [0.1, 0.15) is 25.6 Å². The maximum absolute atomic E-state index is 4.97. The molecule has 1 N–H and O–H groups in total. The number of rotatable bonds is 2. The molecule has 1 saturated heterocycles. The van der Waals surface area contributed by atoms with Gasteiger partial charge in [0.15, 0.2) is 5.82 Å². The molecular weight excluding hydrogens is 192 g/mol. The predicted octanol–water partition coefficient (Wildman–Crippen LogP) is 0.560. The summed E-state index contributed by atoms with van der Waals surface area (Å²) in [5.41, 5.74) is 0. The average Bonchev–Trinajstić information content (AvgIpc) is 2.58. The molecule has 0 radical (unpaired) electrons. The average molecular weight is 210 g/mol. The third-order valence-electron chi connectivity index (χ3n) is 2.91. The maximum atomic E-state index is 4.97. The van der Waals surface area contributed by atoms with Crippen molar-refractivity contribution in [1.82, 2.24) is 20.4 Å². The van der Waals surface area contributed by atoms with Gasteiger partial charge in [0.1, 0.15) is 0 Å². The Kier molecular flexibility index (Phi) is 3.02. The molecule has 1 aromatic rings. The Morgan fingerprint density at radius 3 is 2.60 bits per heavy atom. The molecule has 0 aliphatic carbocycles. The molecule has 0 aromatic carbocycles. The standard InChI is InChI=1S/C10H18N4O/c1-7-4-11-5-8(2)14(7)6-10-12-9(3)15-13-10/h7-8,11H,4-6H2,1-3H3. The summed E-state index contributed by atoms with van der Waals surface area (Å²) in [5, 5.41) is 7.33. The zero-order valence-corrected chi connectivity index (χ0v) is 9.53. The van der Waals surface area contributed by atoms with Gasteiger partial charge in [0.05, 0.1) is 6.54 Å². The van der Waals surface area contributed by atoms with Crippen molar-refractivity contribution in [2.45, 2.75) is 39.4 Å². The van der Waals surface area contributed by atoms with E-state index in [9.17, 15) is 0 Å². The lowest BCUT2D eigenvalue weighted by atomic mass is 10.1. The van der Waals surface area contributed by atoms with Gasteiger partial charge < -0.3 is 9.84 Å². The number of aromatic nitrogens is 2. The molecule has 0 spiro atoms. The molecule has 1 aliphatic heterocycles. The van der Waals surface area contributed by atoms with Crippen LogP contribution in [0.4, 0.5) is 0 Å². The summed E-state index contributed by atoms with van der Waals surface area (Å²) in [6.07, 6.45) is 0. The Morgan fingerprint density at radius 2 is 2.07 bits per heavy atom. The molecule has 84 valence electrons. The summed E-state index contributed by atoms with van der Waals surface area (Å²) in [6.45, 7) is 9.09. The van der Waals surface area contributed by atoms with Gasteiger partial charge in [-0.2, -0.15) is 4.98 Å². The van der Waals surface area contributed by atoms with Crippen LogP contribution in [0.25, 0.3) is 0 Å². The SMILES string of the molecule is Cc1nc(CN2C(C)CNCC2C)no1. The number of nitrogens with one attached hydrogen (secondary N) is 1. The van der Waals surface area contributed by atoms with Crippen molar-refractivity contribution < 1.29 is 4.52 Å². The van der Waals surface area contributed by atoms with Crippen LogP contribution in [-0.2, 0) is 6.54 Å². The smallest absolute Gasteiger partial charge is 0.223 e. The second-order valence-corrected chi connectivity index (χ2v) is 4.26. The van der Waals surface area contributed by atoms with Crippen LogP contribution in [-0.4, -0.2) is 40.2 Å². The minimum atomic E-state index is 0.521. The first kappa shape index (κ1) is 10.6. The molecule has 15 heavy (non-hydrogen) atoms. The van der Waals surface area contributed by atoms with Crippen LogP contribution in [0.15, 0.2) is 4.52 Å². The summed E-state index contributed by atoms with van der Waals surface area (Å²) in [5.74, 6) is 1.42. The van der Waals surface area contributed by atoms with Crippen LogP contribution in [0.5, 0.6) is 0 Å². The Bertz CT molecular complexity index is 315. The van der Waals surface area contributed by atoms with Gasteiger partial charge in [-0.1, -0.05) is 5.16 Å². The number of aryl methyl sites for hydroxylation is 1. The van der Waals surface area contributed by atoms with E-state index >= 15 is 0 Å². The lowest BCUT2D eigenvalue weighted by molar-refractivity contribution is 0.104. The summed E-state index contributed by atoms with van der Waals surface area (Å²) >= 11 is 0. The van der Waals surface area contributed by atoms with Gasteiger partial charge in [-0.25, -0.2) is 0 Å². The minimum Gasteiger partial charge on any atom is -0.340 e. The van der Waals surface area contributed by atoms with Crippen molar-refractivity contribution in [1.29, 1.82) is 0 Å². The first-order valence-corrected chi connectivity index (χ1v) is 5.42. The van der Waals surface area contributed by atoms with Crippen molar-refractivity contribution in [2.75, 3.05) is 13.1 Å². The van der Waals surface area contributed by atoms with Crippen LogP contribution >= 0.6 is 0 Å². The van der Waals surface area contributed by atoms with Gasteiger partial charge in [-0.15, -0.1) is 0 Å². The monoisotopic (exact) mass is 210 g/mol. The van der Waals surface area contributed by atoms with Crippen molar-refractivity contribution in [3.8, 4) is 0 Å². The Hall–Kier alpha value is -0.940. The third-order valence-corrected chi connectivity index (χ3v) is 2.91. The molecule has 2 atom stereocenters. The lowest BCUT2D eigenvalue weighted by Gasteiger charge is -2.38.